The predicted octanol–water partition coefficient (Wildman–Crippen LogP) is 3.82. The van der Waals surface area contributed by atoms with E-state index in [1.54, 1.807) is 0 Å². The molecule has 0 spiro atoms. The molecular weight excluding hydrogens is 278 g/mol. The van der Waals surface area contributed by atoms with Crippen molar-refractivity contribution in [2.24, 2.45) is 5.73 Å². The zero-order valence-electron chi connectivity index (χ0n) is 10.5. The molecule has 0 radical (unpaired) electrons. The third-order valence-corrected chi connectivity index (χ3v) is 4.28. The van der Waals surface area contributed by atoms with Gasteiger partial charge in [0.25, 0.3) is 0 Å². The molecule has 0 aliphatic carbocycles. The lowest BCUT2D eigenvalue weighted by Gasteiger charge is -2.10. The molecule has 0 aliphatic rings. The molecule has 0 saturated carbocycles. The van der Waals surface area contributed by atoms with Crippen LogP contribution in [0.25, 0.3) is 10.2 Å². The molecule has 1 atom stereocenters. The number of halogens is 2. The molecule has 0 amide bonds. The van der Waals surface area contributed by atoms with Gasteiger partial charge in [-0.05, 0) is 30.7 Å². The molecule has 3 rings (SSSR count). The highest BCUT2D eigenvalue weighted by atomic mass is 32.1. The van der Waals surface area contributed by atoms with E-state index in [4.69, 9.17) is 5.73 Å². The van der Waals surface area contributed by atoms with Gasteiger partial charge in [0.15, 0.2) is 0 Å². The maximum absolute atomic E-state index is 13.6. The summed E-state index contributed by atoms with van der Waals surface area (Å²) in [4.78, 5) is 4.42. The highest BCUT2D eigenvalue weighted by Gasteiger charge is 2.17. The molecule has 0 aliphatic heterocycles. The minimum absolute atomic E-state index is 0.0132. The molecule has 3 aromatic rings. The first kappa shape index (κ1) is 13.1. The lowest BCUT2D eigenvalue weighted by atomic mass is 10.1. The van der Waals surface area contributed by atoms with Crippen molar-refractivity contribution in [2.45, 2.75) is 12.5 Å². The SMILES string of the molecule is NC(Cc1c(F)cccc1F)c1nc2ccccc2s1. The van der Waals surface area contributed by atoms with Gasteiger partial charge in [-0.1, -0.05) is 18.2 Å². The average molecular weight is 290 g/mol. The second-order valence-corrected chi connectivity index (χ2v) is 5.59. The van der Waals surface area contributed by atoms with Gasteiger partial charge >= 0.3 is 0 Å². The Morgan fingerprint density at radius 1 is 1.05 bits per heavy atom. The summed E-state index contributed by atoms with van der Waals surface area (Å²) >= 11 is 1.46. The highest BCUT2D eigenvalue weighted by molar-refractivity contribution is 7.18. The Morgan fingerprint density at radius 3 is 2.45 bits per heavy atom. The molecule has 1 heterocycles. The van der Waals surface area contributed by atoms with Crippen molar-refractivity contribution in [3.8, 4) is 0 Å². The minimum atomic E-state index is -0.568. The van der Waals surface area contributed by atoms with E-state index in [1.807, 2.05) is 24.3 Å². The van der Waals surface area contributed by atoms with Crippen molar-refractivity contribution in [3.05, 3.63) is 64.7 Å². The van der Waals surface area contributed by atoms with Gasteiger partial charge < -0.3 is 5.73 Å². The monoisotopic (exact) mass is 290 g/mol. The van der Waals surface area contributed by atoms with Crippen molar-refractivity contribution in [3.63, 3.8) is 0 Å². The summed E-state index contributed by atoms with van der Waals surface area (Å²) in [5.41, 5.74) is 6.91. The van der Waals surface area contributed by atoms with E-state index in [0.29, 0.717) is 5.01 Å². The zero-order valence-corrected chi connectivity index (χ0v) is 11.3. The minimum Gasteiger partial charge on any atom is -0.322 e. The van der Waals surface area contributed by atoms with E-state index in [2.05, 4.69) is 4.98 Å². The number of fused-ring (bicyclic) bond motifs is 1. The van der Waals surface area contributed by atoms with Gasteiger partial charge in [-0.15, -0.1) is 11.3 Å². The molecular formula is C15H12F2N2S. The van der Waals surface area contributed by atoms with E-state index in [1.165, 1.54) is 29.5 Å². The molecule has 2 aromatic carbocycles. The molecule has 20 heavy (non-hydrogen) atoms. The number of hydrogen-bond acceptors (Lipinski definition) is 3. The Kier molecular flexibility index (Phi) is 3.46. The Hall–Kier alpha value is -1.85. The summed E-state index contributed by atoms with van der Waals surface area (Å²) < 4.78 is 28.3. The van der Waals surface area contributed by atoms with Gasteiger partial charge in [-0.25, -0.2) is 13.8 Å². The fourth-order valence-electron chi connectivity index (χ4n) is 2.08. The van der Waals surface area contributed by atoms with Crippen LogP contribution in [0.5, 0.6) is 0 Å². The number of para-hydroxylation sites is 1. The van der Waals surface area contributed by atoms with Gasteiger partial charge in [0.05, 0.1) is 16.3 Å². The summed E-state index contributed by atoms with van der Waals surface area (Å²) in [6.45, 7) is 0. The number of rotatable bonds is 3. The van der Waals surface area contributed by atoms with Crippen LogP contribution in [0.3, 0.4) is 0 Å². The maximum Gasteiger partial charge on any atom is 0.129 e. The van der Waals surface area contributed by atoms with Gasteiger partial charge in [0, 0.05) is 5.56 Å². The molecule has 1 aromatic heterocycles. The van der Waals surface area contributed by atoms with Crippen molar-refractivity contribution in [2.75, 3.05) is 0 Å². The molecule has 0 bridgehead atoms. The average Bonchev–Trinajstić information content (AvgIpc) is 2.87. The smallest absolute Gasteiger partial charge is 0.129 e. The Labute approximate surface area is 118 Å². The number of nitrogens with two attached hydrogens (primary N) is 1. The number of benzene rings is 2. The molecule has 5 heteroatoms. The number of aromatic nitrogens is 1. The van der Waals surface area contributed by atoms with Crippen LogP contribution in [0.2, 0.25) is 0 Å². The number of nitrogens with zero attached hydrogens (tertiary/aromatic N) is 1. The molecule has 1 unspecified atom stereocenters. The summed E-state index contributed by atoms with van der Waals surface area (Å²) in [5.74, 6) is -1.14. The van der Waals surface area contributed by atoms with Crippen LogP contribution in [0.1, 0.15) is 16.6 Å². The standard InChI is InChI=1S/C15H12F2N2S/c16-10-4-3-5-11(17)9(10)8-12(18)15-19-13-6-1-2-7-14(13)20-15/h1-7,12H,8,18H2. The van der Waals surface area contributed by atoms with Crippen LogP contribution in [0.15, 0.2) is 42.5 Å². The van der Waals surface area contributed by atoms with E-state index >= 15 is 0 Å². The lowest BCUT2D eigenvalue weighted by molar-refractivity contribution is 0.539. The van der Waals surface area contributed by atoms with Crippen LogP contribution in [-0.2, 0) is 6.42 Å². The fourth-order valence-corrected chi connectivity index (χ4v) is 3.05. The molecule has 0 saturated heterocycles. The Morgan fingerprint density at radius 2 is 1.75 bits per heavy atom. The third-order valence-electron chi connectivity index (χ3n) is 3.11. The van der Waals surface area contributed by atoms with Gasteiger partial charge in [0.1, 0.15) is 16.6 Å². The number of thiazole rings is 1. The Bertz CT molecular complexity index is 701. The summed E-state index contributed by atoms with van der Waals surface area (Å²) in [7, 11) is 0. The third kappa shape index (κ3) is 2.42. The maximum atomic E-state index is 13.6. The second-order valence-electron chi connectivity index (χ2n) is 4.53. The first-order valence-electron chi connectivity index (χ1n) is 6.19. The molecule has 2 N–H and O–H groups in total. The molecule has 2 nitrogen and oxygen atoms in total. The van der Waals surface area contributed by atoms with Crippen LogP contribution >= 0.6 is 11.3 Å². The predicted molar refractivity (Wildman–Crippen MR) is 76.6 cm³/mol. The molecule has 102 valence electrons. The van der Waals surface area contributed by atoms with Crippen LogP contribution in [-0.4, -0.2) is 4.98 Å². The highest BCUT2D eigenvalue weighted by Crippen LogP contribution is 2.28. The zero-order chi connectivity index (χ0) is 14.1. The molecule has 0 fully saturated rings. The van der Waals surface area contributed by atoms with Gasteiger partial charge in [-0.2, -0.15) is 0 Å². The van der Waals surface area contributed by atoms with E-state index in [-0.39, 0.29) is 12.0 Å². The quantitative estimate of drug-likeness (QED) is 0.796. The first-order chi connectivity index (χ1) is 9.65. The summed E-state index contributed by atoms with van der Waals surface area (Å²) in [5, 5.41) is 0.689. The van der Waals surface area contributed by atoms with Gasteiger partial charge in [-0.3, -0.25) is 0 Å². The topological polar surface area (TPSA) is 38.9 Å². The Balaban J connectivity index is 1.91. The summed E-state index contributed by atoms with van der Waals surface area (Å²) in [6.07, 6.45) is 0.0956. The van der Waals surface area contributed by atoms with Crippen LogP contribution < -0.4 is 5.73 Å². The van der Waals surface area contributed by atoms with Crippen LogP contribution in [0, 0.1) is 11.6 Å². The normalized spacial score (nSPS) is 12.8. The van der Waals surface area contributed by atoms with E-state index in [0.717, 1.165) is 10.2 Å². The van der Waals surface area contributed by atoms with E-state index in [9.17, 15) is 8.78 Å². The largest absolute Gasteiger partial charge is 0.322 e. The van der Waals surface area contributed by atoms with Crippen LogP contribution in [0.4, 0.5) is 8.78 Å². The second kappa shape index (κ2) is 5.26. The van der Waals surface area contributed by atoms with E-state index < -0.39 is 17.7 Å². The van der Waals surface area contributed by atoms with Crippen molar-refractivity contribution >= 4 is 21.6 Å². The first-order valence-corrected chi connectivity index (χ1v) is 7.01. The van der Waals surface area contributed by atoms with Crippen molar-refractivity contribution < 1.29 is 8.78 Å². The van der Waals surface area contributed by atoms with Crippen molar-refractivity contribution in [1.82, 2.24) is 4.98 Å². The van der Waals surface area contributed by atoms with Crippen molar-refractivity contribution in [1.29, 1.82) is 0 Å². The lowest BCUT2D eigenvalue weighted by Crippen LogP contribution is -2.15. The number of hydrogen-bond donors (Lipinski definition) is 1. The van der Waals surface area contributed by atoms with Gasteiger partial charge in [0.2, 0.25) is 0 Å². The summed E-state index contributed by atoms with van der Waals surface area (Å²) in [6, 6.07) is 11.0. The fraction of sp³-hybridized carbons (Fsp3) is 0.133.